The molecule has 0 heterocycles. The molecule has 0 radical (unpaired) electrons. The highest BCUT2D eigenvalue weighted by molar-refractivity contribution is 5.67. The number of aliphatic hydroxyl groups excluding tert-OH is 1. The van der Waals surface area contributed by atoms with Crippen LogP contribution < -0.4 is 5.32 Å². The Morgan fingerprint density at radius 1 is 1.46 bits per heavy atom. The van der Waals surface area contributed by atoms with Gasteiger partial charge in [-0.15, -0.1) is 0 Å². The van der Waals surface area contributed by atoms with E-state index in [0.29, 0.717) is 13.0 Å². The molecule has 4 nitrogen and oxygen atoms in total. The van der Waals surface area contributed by atoms with Crippen LogP contribution in [0.1, 0.15) is 27.2 Å². The fourth-order valence-corrected chi connectivity index (χ4v) is 0.836. The molecule has 1 amide bonds. The first-order valence-electron chi connectivity index (χ1n) is 4.61. The molecule has 0 bridgehead atoms. The van der Waals surface area contributed by atoms with Gasteiger partial charge in [0, 0.05) is 13.2 Å². The van der Waals surface area contributed by atoms with Crippen LogP contribution in [0, 0.1) is 5.92 Å². The Labute approximate surface area is 79.3 Å². The number of nitrogens with one attached hydrogen (secondary N) is 1. The van der Waals surface area contributed by atoms with E-state index < -0.39 is 0 Å². The summed E-state index contributed by atoms with van der Waals surface area (Å²) in [4.78, 5) is 11.0. The van der Waals surface area contributed by atoms with E-state index in [0.717, 1.165) is 0 Å². The molecule has 0 aliphatic rings. The average molecular weight is 189 g/mol. The molecule has 78 valence electrons. The van der Waals surface area contributed by atoms with Crippen LogP contribution in [0.3, 0.4) is 0 Å². The summed E-state index contributed by atoms with van der Waals surface area (Å²) in [5.41, 5.74) is 0. The second-order valence-corrected chi connectivity index (χ2v) is 3.45. The normalized spacial score (nSPS) is 12.7. The van der Waals surface area contributed by atoms with E-state index in [4.69, 9.17) is 9.84 Å². The van der Waals surface area contributed by atoms with Gasteiger partial charge in [0.15, 0.2) is 0 Å². The summed E-state index contributed by atoms with van der Waals surface area (Å²) < 4.78 is 4.87. The Morgan fingerprint density at radius 2 is 2.08 bits per heavy atom. The van der Waals surface area contributed by atoms with Crippen LogP contribution in [0.15, 0.2) is 0 Å². The third-order valence-electron chi connectivity index (χ3n) is 1.56. The van der Waals surface area contributed by atoms with E-state index in [9.17, 15) is 4.79 Å². The number of amides is 1. The number of hydrogen-bond donors (Lipinski definition) is 2. The van der Waals surface area contributed by atoms with E-state index in [1.54, 1.807) is 13.8 Å². The first kappa shape index (κ1) is 12.2. The predicted molar refractivity (Wildman–Crippen MR) is 50.5 cm³/mol. The van der Waals surface area contributed by atoms with Crippen molar-refractivity contribution < 1.29 is 14.6 Å². The lowest BCUT2D eigenvalue weighted by Gasteiger charge is -2.12. The van der Waals surface area contributed by atoms with Gasteiger partial charge in [0.2, 0.25) is 0 Å². The molecule has 1 atom stereocenters. The zero-order valence-electron chi connectivity index (χ0n) is 8.54. The standard InChI is InChI=1S/C9H19NO3/c1-7(2)13-9(12)10-6-8(3)4-5-11/h7-8,11H,4-6H2,1-3H3,(H,10,12). The molecule has 1 unspecified atom stereocenters. The second-order valence-electron chi connectivity index (χ2n) is 3.45. The topological polar surface area (TPSA) is 58.6 Å². The Kier molecular flexibility index (Phi) is 6.32. The Bertz CT molecular complexity index is 148. The maximum Gasteiger partial charge on any atom is 0.407 e. The smallest absolute Gasteiger partial charge is 0.407 e. The van der Waals surface area contributed by atoms with Crippen molar-refractivity contribution in [1.29, 1.82) is 0 Å². The Balaban J connectivity index is 3.46. The molecule has 4 heteroatoms. The molecule has 0 saturated carbocycles. The summed E-state index contributed by atoms with van der Waals surface area (Å²) in [6.45, 7) is 6.27. The van der Waals surface area contributed by atoms with Gasteiger partial charge in [-0.05, 0) is 26.2 Å². The van der Waals surface area contributed by atoms with E-state index in [1.165, 1.54) is 0 Å². The third kappa shape index (κ3) is 7.59. The lowest BCUT2D eigenvalue weighted by atomic mass is 10.1. The zero-order valence-corrected chi connectivity index (χ0v) is 8.54. The number of rotatable bonds is 5. The number of hydrogen-bond acceptors (Lipinski definition) is 3. The number of carbonyl (C=O) groups is 1. The molecule has 13 heavy (non-hydrogen) atoms. The maximum atomic E-state index is 11.0. The number of alkyl carbamates (subject to hydrolysis) is 1. The lowest BCUT2D eigenvalue weighted by molar-refractivity contribution is 0.114. The van der Waals surface area contributed by atoms with Gasteiger partial charge in [-0.3, -0.25) is 0 Å². The molecule has 0 aromatic heterocycles. The van der Waals surface area contributed by atoms with E-state index in [1.807, 2.05) is 6.92 Å². The summed E-state index contributed by atoms with van der Waals surface area (Å²) >= 11 is 0. The van der Waals surface area contributed by atoms with Gasteiger partial charge >= 0.3 is 6.09 Å². The van der Waals surface area contributed by atoms with Gasteiger partial charge in [0.05, 0.1) is 6.10 Å². The first-order chi connectivity index (χ1) is 6.06. The van der Waals surface area contributed by atoms with Crippen molar-refractivity contribution in [1.82, 2.24) is 5.32 Å². The highest BCUT2D eigenvalue weighted by Gasteiger charge is 2.06. The maximum absolute atomic E-state index is 11.0. The molecule has 0 saturated heterocycles. The van der Waals surface area contributed by atoms with Crippen LogP contribution in [0.2, 0.25) is 0 Å². The van der Waals surface area contributed by atoms with Gasteiger partial charge in [0.25, 0.3) is 0 Å². The minimum Gasteiger partial charge on any atom is -0.447 e. The van der Waals surface area contributed by atoms with Crippen molar-refractivity contribution in [3.63, 3.8) is 0 Å². The SMILES string of the molecule is CC(CCO)CNC(=O)OC(C)C. The number of carbonyl (C=O) groups excluding carboxylic acids is 1. The van der Waals surface area contributed by atoms with E-state index in [-0.39, 0.29) is 24.7 Å². The van der Waals surface area contributed by atoms with Gasteiger partial charge in [-0.25, -0.2) is 4.79 Å². The summed E-state index contributed by atoms with van der Waals surface area (Å²) in [6, 6.07) is 0. The molecule has 0 fully saturated rings. The third-order valence-corrected chi connectivity index (χ3v) is 1.56. The highest BCUT2D eigenvalue weighted by Crippen LogP contribution is 1.98. The van der Waals surface area contributed by atoms with Crippen molar-refractivity contribution in [3.05, 3.63) is 0 Å². The van der Waals surface area contributed by atoms with Crippen LogP contribution in [0.5, 0.6) is 0 Å². The summed E-state index contributed by atoms with van der Waals surface area (Å²) in [7, 11) is 0. The quantitative estimate of drug-likeness (QED) is 0.681. The fourth-order valence-electron chi connectivity index (χ4n) is 0.836. The van der Waals surface area contributed by atoms with Crippen LogP contribution >= 0.6 is 0 Å². The van der Waals surface area contributed by atoms with Crippen molar-refractivity contribution >= 4 is 6.09 Å². The van der Waals surface area contributed by atoms with Crippen molar-refractivity contribution in [2.75, 3.05) is 13.2 Å². The van der Waals surface area contributed by atoms with Gasteiger partial charge < -0.3 is 15.2 Å². The monoisotopic (exact) mass is 189 g/mol. The molecule has 0 aromatic rings. The van der Waals surface area contributed by atoms with Crippen LogP contribution in [-0.4, -0.2) is 30.5 Å². The minimum absolute atomic E-state index is 0.0897. The minimum atomic E-state index is -0.389. The number of ether oxygens (including phenoxy) is 1. The Morgan fingerprint density at radius 3 is 2.54 bits per heavy atom. The highest BCUT2D eigenvalue weighted by atomic mass is 16.6. The van der Waals surface area contributed by atoms with Gasteiger partial charge in [0.1, 0.15) is 0 Å². The van der Waals surface area contributed by atoms with Crippen LogP contribution in [0.4, 0.5) is 4.79 Å². The fraction of sp³-hybridized carbons (Fsp3) is 0.889. The largest absolute Gasteiger partial charge is 0.447 e. The van der Waals surface area contributed by atoms with Gasteiger partial charge in [-0.2, -0.15) is 0 Å². The Hall–Kier alpha value is -0.770. The second kappa shape index (κ2) is 6.71. The van der Waals surface area contributed by atoms with Crippen LogP contribution in [0.25, 0.3) is 0 Å². The molecule has 0 aromatic carbocycles. The van der Waals surface area contributed by atoms with Crippen molar-refractivity contribution in [3.8, 4) is 0 Å². The van der Waals surface area contributed by atoms with Crippen molar-refractivity contribution in [2.45, 2.75) is 33.3 Å². The van der Waals surface area contributed by atoms with E-state index >= 15 is 0 Å². The molecule has 0 aliphatic carbocycles. The lowest BCUT2D eigenvalue weighted by Crippen LogP contribution is -2.30. The first-order valence-corrected chi connectivity index (χ1v) is 4.61. The zero-order chi connectivity index (χ0) is 10.3. The molecular formula is C9H19NO3. The van der Waals surface area contributed by atoms with Crippen LogP contribution in [-0.2, 0) is 4.74 Å². The summed E-state index contributed by atoms with van der Waals surface area (Å²) in [6.07, 6.45) is 0.218. The van der Waals surface area contributed by atoms with E-state index in [2.05, 4.69) is 5.32 Å². The summed E-state index contributed by atoms with van der Waals surface area (Å²) in [5.74, 6) is 0.282. The molecule has 0 aliphatic heterocycles. The summed E-state index contributed by atoms with van der Waals surface area (Å²) in [5, 5.41) is 11.2. The predicted octanol–water partition coefficient (Wildman–Crippen LogP) is 1.14. The molecule has 0 rings (SSSR count). The van der Waals surface area contributed by atoms with Crippen molar-refractivity contribution in [2.24, 2.45) is 5.92 Å². The van der Waals surface area contributed by atoms with Gasteiger partial charge in [-0.1, -0.05) is 6.92 Å². The number of aliphatic hydroxyl groups is 1. The molecule has 2 N–H and O–H groups in total. The molecular weight excluding hydrogens is 170 g/mol. The molecule has 0 spiro atoms. The average Bonchev–Trinajstić information content (AvgIpc) is 2.00.